The van der Waals surface area contributed by atoms with Crippen molar-refractivity contribution in [3.8, 4) is 0 Å². The van der Waals surface area contributed by atoms with Gasteiger partial charge in [0.15, 0.2) is 0 Å². The molecule has 1 aromatic heterocycles. The highest BCUT2D eigenvalue weighted by Gasteiger charge is 2.21. The van der Waals surface area contributed by atoms with Crippen molar-refractivity contribution in [1.29, 1.82) is 0 Å². The molecule has 0 radical (unpaired) electrons. The van der Waals surface area contributed by atoms with Gasteiger partial charge in [-0.1, -0.05) is 35.3 Å². The molecular formula is C16H19Cl2N3O3. The first-order valence-corrected chi connectivity index (χ1v) is 8.05. The van der Waals surface area contributed by atoms with Crippen molar-refractivity contribution in [2.75, 3.05) is 5.32 Å². The lowest BCUT2D eigenvalue weighted by atomic mass is 10.1. The number of hydrogen-bond acceptors (Lipinski definition) is 3. The third kappa shape index (κ3) is 4.33. The third-order valence-electron chi connectivity index (χ3n) is 3.17. The molecule has 1 heterocycles. The number of ether oxygens (including phenoxy) is 1. The zero-order valence-electron chi connectivity index (χ0n) is 13.9. The number of halogens is 2. The molecule has 0 atom stereocenters. The third-order valence-corrected chi connectivity index (χ3v) is 4.03. The molecule has 2 aromatic rings. The number of H-pyrrole nitrogens is 1. The van der Waals surface area contributed by atoms with Gasteiger partial charge >= 0.3 is 6.09 Å². The molecular weight excluding hydrogens is 353 g/mol. The highest BCUT2D eigenvalue weighted by atomic mass is 35.5. The summed E-state index contributed by atoms with van der Waals surface area (Å²) in [6, 6.07) is 5.20. The fourth-order valence-corrected chi connectivity index (χ4v) is 2.53. The summed E-state index contributed by atoms with van der Waals surface area (Å²) in [5.74, 6) is 0.271. The van der Waals surface area contributed by atoms with Gasteiger partial charge in [0, 0.05) is 13.5 Å². The molecule has 0 spiro atoms. The number of aromatic nitrogens is 2. The molecule has 0 bridgehead atoms. The van der Waals surface area contributed by atoms with Crippen LogP contribution in [-0.4, -0.2) is 21.5 Å². The minimum atomic E-state index is -0.650. The van der Waals surface area contributed by atoms with Crippen molar-refractivity contribution in [2.45, 2.75) is 32.8 Å². The number of nitrogens with zero attached hydrogens (tertiary/aromatic N) is 1. The van der Waals surface area contributed by atoms with Crippen LogP contribution in [0.4, 0.5) is 10.6 Å². The van der Waals surface area contributed by atoms with Crippen molar-refractivity contribution in [2.24, 2.45) is 7.05 Å². The fourth-order valence-electron chi connectivity index (χ4n) is 2.14. The lowest BCUT2D eigenvalue weighted by Crippen LogP contribution is -2.27. The van der Waals surface area contributed by atoms with Crippen LogP contribution in [0.1, 0.15) is 31.9 Å². The van der Waals surface area contributed by atoms with E-state index in [9.17, 15) is 9.59 Å². The molecule has 1 aromatic carbocycles. The largest absolute Gasteiger partial charge is 0.444 e. The van der Waals surface area contributed by atoms with Crippen molar-refractivity contribution in [3.63, 3.8) is 0 Å². The Morgan fingerprint density at radius 3 is 2.62 bits per heavy atom. The molecule has 2 N–H and O–H groups in total. The summed E-state index contributed by atoms with van der Waals surface area (Å²) in [7, 11) is 1.56. The Bertz CT molecular complexity index is 819. The van der Waals surface area contributed by atoms with Crippen LogP contribution in [0, 0.1) is 0 Å². The second kappa shape index (κ2) is 6.91. The summed E-state index contributed by atoms with van der Waals surface area (Å²) >= 11 is 12.2. The number of anilines is 1. The van der Waals surface area contributed by atoms with Gasteiger partial charge in [0.1, 0.15) is 11.4 Å². The summed E-state index contributed by atoms with van der Waals surface area (Å²) in [5.41, 5.74) is 0.146. The average molecular weight is 372 g/mol. The lowest BCUT2D eigenvalue weighted by molar-refractivity contribution is 0.0635. The predicted molar refractivity (Wildman–Crippen MR) is 95.2 cm³/mol. The van der Waals surface area contributed by atoms with Gasteiger partial charge in [-0.25, -0.2) is 4.79 Å². The molecule has 0 aliphatic rings. The summed E-state index contributed by atoms with van der Waals surface area (Å²) < 4.78 is 6.49. The first-order chi connectivity index (χ1) is 11.1. The second-order valence-electron chi connectivity index (χ2n) is 6.35. The zero-order chi connectivity index (χ0) is 18.1. The standard InChI is InChI=1S/C16H19Cl2N3O3/c1-16(2,3)24-15(23)19-13-10(14(22)21(4)20-13)8-9-6-5-7-11(17)12(9)18/h5-7,20H,8H2,1-4H3,(H,19,23). The maximum absolute atomic E-state index is 12.3. The van der Waals surface area contributed by atoms with E-state index in [1.807, 2.05) is 0 Å². The van der Waals surface area contributed by atoms with Crippen molar-refractivity contribution in [1.82, 2.24) is 9.78 Å². The van der Waals surface area contributed by atoms with Gasteiger partial charge in [0.05, 0.1) is 15.6 Å². The molecule has 0 aliphatic heterocycles. The van der Waals surface area contributed by atoms with E-state index >= 15 is 0 Å². The van der Waals surface area contributed by atoms with Crippen LogP contribution in [0.2, 0.25) is 10.0 Å². The number of amides is 1. The molecule has 130 valence electrons. The average Bonchev–Trinajstić information content (AvgIpc) is 2.69. The zero-order valence-corrected chi connectivity index (χ0v) is 15.4. The molecule has 0 unspecified atom stereocenters. The van der Waals surface area contributed by atoms with Gasteiger partial charge in [0.2, 0.25) is 0 Å². The normalized spacial score (nSPS) is 11.4. The monoisotopic (exact) mass is 371 g/mol. The maximum Gasteiger partial charge on any atom is 0.413 e. The predicted octanol–water partition coefficient (Wildman–Crippen LogP) is 3.96. The van der Waals surface area contributed by atoms with Crippen molar-refractivity contribution >= 4 is 35.1 Å². The Balaban J connectivity index is 2.32. The Morgan fingerprint density at radius 1 is 1.33 bits per heavy atom. The minimum absolute atomic E-state index is 0.223. The molecule has 0 fully saturated rings. The molecule has 8 heteroatoms. The minimum Gasteiger partial charge on any atom is -0.444 e. The van der Waals surface area contributed by atoms with E-state index in [0.717, 1.165) is 0 Å². The first-order valence-electron chi connectivity index (χ1n) is 7.29. The van der Waals surface area contributed by atoms with Crippen LogP contribution in [0.25, 0.3) is 0 Å². The summed E-state index contributed by atoms with van der Waals surface area (Å²) in [6.07, 6.45) is -0.427. The lowest BCUT2D eigenvalue weighted by Gasteiger charge is -2.19. The van der Waals surface area contributed by atoms with Gasteiger partial charge in [-0.2, -0.15) is 0 Å². The maximum atomic E-state index is 12.3. The molecule has 0 aliphatic carbocycles. The quantitative estimate of drug-likeness (QED) is 0.856. The van der Waals surface area contributed by atoms with Crippen molar-refractivity contribution < 1.29 is 9.53 Å². The summed E-state index contributed by atoms with van der Waals surface area (Å²) in [5, 5.41) is 6.16. The molecule has 24 heavy (non-hydrogen) atoms. The van der Waals surface area contributed by atoms with Gasteiger partial charge in [-0.05, 0) is 32.4 Å². The van der Waals surface area contributed by atoms with E-state index in [1.54, 1.807) is 46.0 Å². The number of hydrogen-bond donors (Lipinski definition) is 2. The van der Waals surface area contributed by atoms with E-state index in [4.69, 9.17) is 27.9 Å². The van der Waals surface area contributed by atoms with E-state index in [2.05, 4.69) is 10.4 Å². The first kappa shape index (κ1) is 18.4. The van der Waals surface area contributed by atoms with Crippen LogP contribution >= 0.6 is 23.2 Å². The van der Waals surface area contributed by atoms with Crippen LogP contribution < -0.4 is 10.9 Å². The Morgan fingerprint density at radius 2 is 2.00 bits per heavy atom. The van der Waals surface area contributed by atoms with Gasteiger partial charge < -0.3 is 4.74 Å². The van der Waals surface area contributed by atoms with E-state index in [0.29, 0.717) is 21.2 Å². The number of rotatable bonds is 3. The van der Waals surface area contributed by atoms with Crippen molar-refractivity contribution in [3.05, 3.63) is 49.7 Å². The van der Waals surface area contributed by atoms with Gasteiger partial charge in [-0.15, -0.1) is 0 Å². The number of carbonyl (C=O) groups excluding carboxylic acids is 1. The van der Waals surface area contributed by atoms with E-state index in [-0.39, 0.29) is 17.8 Å². The number of aromatic amines is 1. The molecule has 0 saturated heterocycles. The second-order valence-corrected chi connectivity index (χ2v) is 7.13. The van der Waals surface area contributed by atoms with E-state index in [1.165, 1.54) is 4.68 Å². The van der Waals surface area contributed by atoms with Gasteiger partial charge in [0.25, 0.3) is 5.56 Å². The molecule has 2 rings (SSSR count). The smallest absolute Gasteiger partial charge is 0.413 e. The number of nitrogens with one attached hydrogen (secondary N) is 2. The highest BCUT2D eigenvalue weighted by molar-refractivity contribution is 6.42. The Kier molecular flexibility index (Phi) is 5.30. The Hall–Kier alpha value is -1.92. The molecule has 6 nitrogen and oxygen atoms in total. The van der Waals surface area contributed by atoms with Crippen LogP contribution in [-0.2, 0) is 18.2 Å². The summed E-state index contributed by atoms with van der Waals surface area (Å²) in [6.45, 7) is 5.27. The fraction of sp³-hybridized carbons (Fsp3) is 0.375. The molecule has 0 saturated carbocycles. The highest BCUT2D eigenvalue weighted by Crippen LogP contribution is 2.28. The topological polar surface area (TPSA) is 76.1 Å². The van der Waals surface area contributed by atoms with Crippen LogP contribution in [0.3, 0.4) is 0 Å². The Labute approximate surface area is 149 Å². The number of aryl methyl sites for hydroxylation is 1. The summed E-state index contributed by atoms with van der Waals surface area (Å²) in [4.78, 5) is 24.3. The number of carbonyl (C=O) groups is 1. The van der Waals surface area contributed by atoms with Gasteiger partial charge in [-0.3, -0.25) is 19.9 Å². The number of benzene rings is 1. The van der Waals surface area contributed by atoms with Crippen LogP contribution in [0.15, 0.2) is 23.0 Å². The SMILES string of the molecule is Cn1[nH]c(NC(=O)OC(C)(C)C)c(Cc2cccc(Cl)c2Cl)c1=O. The molecule has 1 amide bonds. The van der Waals surface area contributed by atoms with E-state index < -0.39 is 11.7 Å². The van der Waals surface area contributed by atoms with Crippen LogP contribution in [0.5, 0.6) is 0 Å².